The number of carbonyl (C=O) groups is 2. The minimum absolute atomic E-state index is 0.00504. The molecule has 1 saturated heterocycles. The molecular weight excluding hydrogens is 372 g/mol. The molecule has 6 heteroatoms. The van der Waals surface area contributed by atoms with Gasteiger partial charge in [0.1, 0.15) is 0 Å². The number of aliphatic imine (C=N–C) groups is 1. The van der Waals surface area contributed by atoms with Crippen LogP contribution in [0.25, 0.3) is 0 Å². The third-order valence-corrected chi connectivity index (χ3v) is 6.43. The predicted octanol–water partition coefficient (Wildman–Crippen LogP) is 4.59. The summed E-state index contributed by atoms with van der Waals surface area (Å²) in [5, 5.41) is 0.511. The molecule has 0 aliphatic carbocycles. The summed E-state index contributed by atoms with van der Waals surface area (Å²) in [6, 6.07) is 7.67. The van der Waals surface area contributed by atoms with Crippen LogP contribution in [0.4, 0.5) is 0 Å². The molecule has 2 aliphatic heterocycles. The van der Waals surface area contributed by atoms with Gasteiger partial charge in [-0.15, -0.1) is 0 Å². The van der Waals surface area contributed by atoms with Crippen LogP contribution in [0.2, 0.25) is 0 Å². The number of carbonyl (C=O) groups excluding carboxylic acids is 2. The van der Waals surface area contributed by atoms with Gasteiger partial charge in [-0.05, 0) is 36.8 Å². The second kappa shape index (κ2) is 7.74. The van der Waals surface area contributed by atoms with Gasteiger partial charge in [0.05, 0.1) is 29.2 Å². The van der Waals surface area contributed by atoms with E-state index in [1.807, 2.05) is 26.0 Å². The Morgan fingerprint density at radius 3 is 2.39 bits per heavy atom. The van der Waals surface area contributed by atoms with Crippen LogP contribution in [-0.4, -0.2) is 33.8 Å². The van der Waals surface area contributed by atoms with E-state index in [1.54, 1.807) is 11.8 Å². The number of thioether (sulfide) groups is 1. The van der Waals surface area contributed by atoms with Gasteiger partial charge >= 0.3 is 5.97 Å². The molecule has 3 rings (SSSR count). The van der Waals surface area contributed by atoms with Crippen LogP contribution in [-0.2, 0) is 19.7 Å². The highest BCUT2D eigenvalue weighted by molar-refractivity contribution is 8.15. The molecule has 2 atom stereocenters. The van der Waals surface area contributed by atoms with Crippen molar-refractivity contribution < 1.29 is 14.3 Å². The molecule has 0 N–H and O–H groups in total. The van der Waals surface area contributed by atoms with Crippen LogP contribution >= 0.6 is 11.8 Å². The van der Waals surface area contributed by atoms with Gasteiger partial charge in [-0.2, -0.15) is 0 Å². The normalized spacial score (nSPS) is 22.3. The summed E-state index contributed by atoms with van der Waals surface area (Å²) in [5.41, 5.74) is 3.19. The van der Waals surface area contributed by atoms with E-state index in [-0.39, 0.29) is 23.2 Å². The number of esters is 1. The van der Waals surface area contributed by atoms with Gasteiger partial charge in [-0.1, -0.05) is 63.7 Å². The molecule has 2 aliphatic rings. The van der Waals surface area contributed by atoms with Crippen molar-refractivity contribution in [3.8, 4) is 0 Å². The molecule has 150 valence electrons. The molecule has 0 saturated carbocycles. The molecule has 1 amide bonds. The maximum atomic E-state index is 13.1. The van der Waals surface area contributed by atoms with Gasteiger partial charge in [0.15, 0.2) is 5.17 Å². The van der Waals surface area contributed by atoms with Gasteiger partial charge in [-0.3, -0.25) is 9.69 Å². The Balaban J connectivity index is 2.11. The van der Waals surface area contributed by atoms with Crippen molar-refractivity contribution in [1.82, 2.24) is 4.90 Å². The standard InChI is InChI=1S/C22H28N2O3S/c1-7-16-19(25)24-18(14-9-11-15(12-10-14)22(4,5)6)17(20(26)27-8-2)13(3)23-21(24)28-16/h9-12,16,18H,7-8H2,1-6H3/t16-,18+/m0/s1. The van der Waals surface area contributed by atoms with Crippen molar-refractivity contribution in [3.05, 3.63) is 46.7 Å². The van der Waals surface area contributed by atoms with E-state index >= 15 is 0 Å². The van der Waals surface area contributed by atoms with Crippen LogP contribution in [0, 0.1) is 0 Å². The fourth-order valence-electron chi connectivity index (χ4n) is 3.54. The summed E-state index contributed by atoms with van der Waals surface area (Å²) in [6.07, 6.45) is 0.725. The lowest BCUT2D eigenvalue weighted by molar-refractivity contribution is -0.139. The number of ether oxygens (including phenoxy) is 1. The zero-order chi connectivity index (χ0) is 20.6. The number of allylic oxidation sites excluding steroid dienone is 1. The molecule has 1 fully saturated rings. The van der Waals surface area contributed by atoms with Crippen LogP contribution in [0.15, 0.2) is 40.5 Å². The smallest absolute Gasteiger partial charge is 0.338 e. The molecule has 0 radical (unpaired) electrons. The number of hydrogen-bond acceptors (Lipinski definition) is 5. The lowest BCUT2D eigenvalue weighted by Gasteiger charge is -2.33. The topological polar surface area (TPSA) is 59.0 Å². The number of amidine groups is 1. The number of hydrogen-bond donors (Lipinski definition) is 0. The first-order valence-electron chi connectivity index (χ1n) is 9.75. The van der Waals surface area contributed by atoms with Gasteiger partial charge in [0, 0.05) is 0 Å². The Labute approximate surface area is 171 Å². The second-order valence-electron chi connectivity index (χ2n) is 8.11. The summed E-state index contributed by atoms with van der Waals surface area (Å²) in [4.78, 5) is 32.1. The summed E-state index contributed by atoms with van der Waals surface area (Å²) in [5.74, 6) is -0.407. The largest absolute Gasteiger partial charge is 0.463 e. The van der Waals surface area contributed by atoms with E-state index in [4.69, 9.17) is 4.74 Å². The highest BCUT2D eigenvalue weighted by Crippen LogP contribution is 2.44. The molecule has 0 bridgehead atoms. The van der Waals surface area contributed by atoms with E-state index in [1.165, 1.54) is 17.3 Å². The average molecular weight is 401 g/mol. The molecule has 1 aromatic rings. The minimum Gasteiger partial charge on any atom is -0.463 e. The maximum Gasteiger partial charge on any atom is 0.338 e. The van der Waals surface area contributed by atoms with Crippen LogP contribution in [0.3, 0.4) is 0 Å². The first-order chi connectivity index (χ1) is 13.2. The van der Waals surface area contributed by atoms with Crippen molar-refractivity contribution in [3.63, 3.8) is 0 Å². The molecule has 0 unspecified atom stereocenters. The Kier molecular flexibility index (Phi) is 5.71. The number of fused-ring (bicyclic) bond motifs is 1. The highest BCUT2D eigenvalue weighted by atomic mass is 32.2. The third-order valence-electron chi connectivity index (χ3n) is 5.11. The number of rotatable bonds is 4. The van der Waals surface area contributed by atoms with Crippen molar-refractivity contribution in [1.29, 1.82) is 0 Å². The van der Waals surface area contributed by atoms with Crippen molar-refractivity contribution >= 4 is 28.8 Å². The molecular formula is C22H28N2O3S. The van der Waals surface area contributed by atoms with Gasteiger partial charge < -0.3 is 4.74 Å². The summed E-state index contributed by atoms with van der Waals surface area (Å²) < 4.78 is 5.31. The monoisotopic (exact) mass is 400 g/mol. The van der Waals surface area contributed by atoms with E-state index in [2.05, 4.69) is 37.9 Å². The summed E-state index contributed by atoms with van der Waals surface area (Å²) in [7, 11) is 0. The van der Waals surface area contributed by atoms with Crippen LogP contribution in [0.5, 0.6) is 0 Å². The number of amides is 1. The zero-order valence-corrected chi connectivity index (χ0v) is 18.2. The van der Waals surface area contributed by atoms with E-state index < -0.39 is 12.0 Å². The molecule has 2 heterocycles. The van der Waals surface area contributed by atoms with Crippen LogP contribution < -0.4 is 0 Å². The molecule has 1 aromatic carbocycles. The van der Waals surface area contributed by atoms with Crippen molar-refractivity contribution in [2.45, 2.75) is 64.7 Å². The number of benzene rings is 1. The average Bonchev–Trinajstić information content (AvgIpc) is 2.95. The third kappa shape index (κ3) is 3.62. The predicted molar refractivity (Wildman–Crippen MR) is 113 cm³/mol. The van der Waals surface area contributed by atoms with E-state index in [0.717, 1.165) is 12.0 Å². The lowest BCUT2D eigenvalue weighted by atomic mass is 9.85. The quantitative estimate of drug-likeness (QED) is 0.694. The molecule has 0 spiro atoms. The SMILES string of the molecule is CCOC(=O)C1=C(C)N=C2S[C@@H](CC)C(=O)N2[C@@H]1c1ccc(C(C)(C)C)cc1. The second-order valence-corrected chi connectivity index (χ2v) is 9.28. The fraction of sp³-hybridized carbons (Fsp3) is 0.500. The lowest BCUT2D eigenvalue weighted by Crippen LogP contribution is -2.40. The van der Waals surface area contributed by atoms with Gasteiger partial charge in [0.2, 0.25) is 5.91 Å². The first kappa shape index (κ1) is 20.6. The Hall–Kier alpha value is -2.08. The molecule has 0 aromatic heterocycles. The minimum atomic E-state index is -0.503. The van der Waals surface area contributed by atoms with E-state index in [0.29, 0.717) is 16.4 Å². The van der Waals surface area contributed by atoms with Crippen molar-refractivity contribution in [2.24, 2.45) is 4.99 Å². The molecule has 28 heavy (non-hydrogen) atoms. The Bertz CT molecular complexity index is 850. The number of nitrogens with zero attached hydrogens (tertiary/aromatic N) is 2. The Morgan fingerprint density at radius 1 is 1.21 bits per heavy atom. The highest BCUT2D eigenvalue weighted by Gasteiger charge is 2.47. The summed E-state index contributed by atoms with van der Waals surface area (Å²) in [6.45, 7) is 12.4. The maximum absolute atomic E-state index is 13.1. The van der Waals surface area contributed by atoms with Crippen molar-refractivity contribution in [2.75, 3.05) is 6.61 Å². The zero-order valence-electron chi connectivity index (χ0n) is 17.4. The molecule has 5 nitrogen and oxygen atoms in total. The fourth-order valence-corrected chi connectivity index (χ4v) is 4.67. The first-order valence-corrected chi connectivity index (χ1v) is 10.6. The Morgan fingerprint density at radius 2 is 1.86 bits per heavy atom. The van der Waals surface area contributed by atoms with Gasteiger partial charge in [0.25, 0.3) is 0 Å². The van der Waals surface area contributed by atoms with Gasteiger partial charge in [-0.25, -0.2) is 9.79 Å². The van der Waals surface area contributed by atoms with Crippen LogP contribution in [0.1, 0.15) is 65.1 Å². The summed E-state index contributed by atoms with van der Waals surface area (Å²) >= 11 is 1.48. The van der Waals surface area contributed by atoms with E-state index in [9.17, 15) is 9.59 Å².